The molecule has 0 atom stereocenters. The minimum atomic E-state index is -0.559. The number of rotatable bonds is 2. The molecule has 2 aromatic carbocycles. The van der Waals surface area contributed by atoms with Gasteiger partial charge in [0.25, 0.3) is 11.8 Å². The van der Waals surface area contributed by atoms with Gasteiger partial charge in [0.1, 0.15) is 5.03 Å². The second-order valence-corrected chi connectivity index (χ2v) is 6.77. The van der Waals surface area contributed by atoms with Gasteiger partial charge in [-0.1, -0.05) is 53.0 Å². The third kappa shape index (κ3) is 2.73. The lowest BCUT2D eigenvalue weighted by Gasteiger charge is -2.18. The van der Waals surface area contributed by atoms with Crippen molar-refractivity contribution in [3.63, 3.8) is 0 Å². The molecule has 1 heterocycles. The molecule has 0 spiro atoms. The van der Waals surface area contributed by atoms with Crippen molar-refractivity contribution < 1.29 is 9.59 Å². The van der Waals surface area contributed by atoms with E-state index in [2.05, 4.69) is 0 Å². The maximum Gasteiger partial charge on any atom is 0.277 e. The summed E-state index contributed by atoms with van der Waals surface area (Å²) in [5.41, 5.74) is 2.73. The first-order valence-corrected chi connectivity index (χ1v) is 8.26. The van der Waals surface area contributed by atoms with E-state index >= 15 is 0 Å². The van der Waals surface area contributed by atoms with Crippen LogP contribution in [0.15, 0.2) is 41.4 Å². The molecule has 0 bridgehead atoms. The Kier molecular flexibility index (Phi) is 4.43. The second-order valence-electron chi connectivity index (χ2n) is 5.55. The molecule has 2 amide bonds. The van der Waals surface area contributed by atoms with E-state index in [9.17, 15) is 9.59 Å². The second kappa shape index (κ2) is 6.25. The van der Waals surface area contributed by atoms with Crippen molar-refractivity contribution in [3.05, 3.63) is 68.2 Å². The molecule has 0 radical (unpaired) electrons. The van der Waals surface area contributed by atoms with Gasteiger partial charge in [-0.15, -0.1) is 0 Å². The van der Waals surface area contributed by atoms with Gasteiger partial charge < -0.3 is 0 Å². The third-order valence-corrected chi connectivity index (χ3v) is 4.73. The van der Waals surface area contributed by atoms with E-state index in [0.717, 1.165) is 16.0 Å². The van der Waals surface area contributed by atoms with Crippen molar-refractivity contribution in [2.45, 2.75) is 13.8 Å². The van der Waals surface area contributed by atoms with Crippen LogP contribution in [0, 0.1) is 13.8 Å². The highest BCUT2D eigenvalue weighted by Gasteiger charge is 2.40. The molecule has 6 heteroatoms. The number of carbonyl (C=O) groups is 2. The van der Waals surface area contributed by atoms with Crippen LogP contribution in [0.25, 0.3) is 5.57 Å². The highest BCUT2D eigenvalue weighted by Crippen LogP contribution is 2.39. The Hall–Kier alpha value is -1.81. The summed E-state index contributed by atoms with van der Waals surface area (Å²) in [5.74, 6) is -1.06. The van der Waals surface area contributed by atoms with E-state index in [4.69, 9.17) is 34.8 Å². The van der Waals surface area contributed by atoms with Crippen LogP contribution in [0.4, 0.5) is 5.69 Å². The highest BCUT2D eigenvalue weighted by molar-refractivity contribution is 6.61. The lowest BCUT2D eigenvalue weighted by molar-refractivity contribution is -0.119. The number of hydrogen-bond acceptors (Lipinski definition) is 2. The highest BCUT2D eigenvalue weighted by atomic mass is 35.5. The summed E-state index contributed by atoms with van der Waals surface area (Å²) >= 11 is 18.3. The average Bonchev–Trinajstić information content (AvgIpc) is 2.73. The summed E-state index contributed by atoms with van der Waals surface area (Å²) in [6.45, 7) is 3.72. The van der Waals surface area contributed by atoms with Gasteiger partial charge >= 0.3 is 0 Å². The minimum Gasteiger partial charge on any atom is -0.268 e. The summed E-state index contributed by atoms with van der Waals surface area (Å²) in [4.78, 5) is 26.6. The molecular formula is C18H12Cl3NO2. The number of aryl methyl sites for hydroxylation is 2. The van der Waals surface area contributed by atoms with Crippen LogP contribution in [0.3, 0.4) is 0 Å². The molecule has 3 rings (SSSR count). The van der Waals surface area contributed by atoms with Gasteiger partial charge in [0.05, 0.1) is 16.3 Å². The maximum atomic E-state index is 12.9. The Morgan fingerprint density at radius 3 is 2.25 bits per heavy atom. The molecule has 2 aromatic rings. The molecule has 0 aromatic heterocycles. The molecule has 122 valence electrons. The van der Waals surface area contributed by atoms with Crippen molar-refractivity contribution >= 4 is 57.9 Å². The standard InChI is InChI=1S/C18H12Cl3NO2/c1-9-3-4-10(2)14(7-9)22-17(23)15(16(21)18(22)24)12-6-5-11(19)8-13(12)20/h3-8H,1-2H3. The van der Waals surface area contributed by atoms with E-state index in [-0.39, 0.29) is 15.6 Å². The van der Waals surface area contributed by atoms with E-state index in [1.165, 1.54) is 6.07 Å². The van der Waals surface area contributed by atoms with E-state index in [0.29, 0.717) is 16.3 Å². The smallest absolute Gasteiger partial charge is 0.268 e. The van der Waals surface area contributed by atoms with Crippen molar-refractivity contribution in [1.29, 1.82) is 0 Å². The number of hydrogen-bond donors (Lipinski definition) is 0. The van der Waals surface area contributed by atoms with Crippen LogP contribution in [0.2, 0.25) is 10.0 Å². The lowest BCUT2D eigenvalue weighted by Crippen LogP contribution is -2.31. The maximum absolute atomic E-state index is 12.9. The third-order valence-electron chi connectivity index (χ3n) is 3.83. The number of carbonyl (C=O) groups excluding carboxylic acids is 2. The zero-order chi connectivity index (χ0) is 17.6. The number of anilines is 1. The van der Waals surface area contributed by atoms with Crippen LogP contribution in [-0.4, -0.2) is 11.8 Å². The molecule has 0 saturated heterocycles. The molecule has 24 heavy (non-hydrogen) atoms. The molecule has 0 N–H and O–H groups in total. The molecule has 1 aliphatic heterocycles. The number of imide groups is 1. The molecule has 0 unspecified atom stereocenters. The Labute approximate surface area is 154 Å². The van der Waals surface area contributed by atoms with Crippen LogP contribution >= 0.6 is 34.8 Å². The molecule has 0 aliphatic carbocycles. The molecule has 1 aliphatic rings. The summed E-state index contributed by atoms with van der Waals surface area (Å²) in [6.07, 6.45) is 0. The fraction of sp³-hybridized carbons (Fsp3) is 0.111. The number of amides is 2. The van der Waals surface area contributed by atoms with E-state index < -0.39 is 11.8 Å². The molecule has 0 fully saturated rings. The largest absolute Gasteiger partial charge is 0.277 e. The van der Waals surface area contributed by atoms with Gasteiger partial charge in [-0.3, -0.25) is 9.59 Å². The van der Waals surface area contributed by atoms with Crippen LogP contribution in [0.5, 0.6) is 0 Å². The van der Waals surface area contributed by atoms with E-state index in [1.54, 1.807) is 18.2 Å². The van der Waals surface area contributed by atoms with Crippen molar-refractivity contribution in [2.75, 3.05) is 4.90 Å². The first-order chi connectivity index (χ1) is 11.3. The minimum absolute atomic E-state index is 0.0873. The Bertz CT molecular complexity index is 918. The van der Waals surface area contributed by atoms with Crippen molar-refractivity contribution in [1.82, 2.24) is 0 Å². The summed E-state index contributed by atoms with van der Waals surface area (Å²) < 4.78 is 0. The van der Waals surface area contributed by atoms with Crippen LogP contribution in [0.1, 0.15) is 16.7 Å². The first kappa shape index (κ1) is 17.0. The van der Waals surface area contributed by atoms with E-state index in [1.807, 2.05) is 26.0 Å². The van der Waals surface area contributed by atoms with Crippen molar-refractivity contribution in [3.8, 4) is 0 Å². The topological polar surface area (TPSA) is 37.4 Å². The molecular weight excluding hydrogens is 369 g/mol. The van der Waals surface area contributed by atoms with Crippen molar-refractivity contribution in [2.24, 2.45) is 0 Å². The summed E-state index contributed by atoms with van der Waals surface area (Å²) in [6, 6.07) is 10.2. The first-order valence-electron chi connectivity index (χ1n) is 7.12. The fourth-order valence-corrected chi connectivity index (χ4v) is 3.38. The SMILES string of the molecule is Cc1ccc(C)c(N2C(=O)C(Cl)=C(c3ccc(Cl)cc3Cl)C2=O)c1. The number of benzene rings is 2. The quantitative estimate of drug-likeness (QED) is 0.677. The van der Waals surface area contributed by atoms with Gasteiger partial charge in [0.2, 0.25) is 0 Å². The predicted octanol–water partition coefficient (Wildman–Crippen LogP) is 5.13. The summed E-state index contributed by atoms with van der Waals surface area (Å²) in [7, 11) is 0. The zero-order valence-corrected chi connectivity index (χ0v) is 15.1. The molecule has 3 nitrogen and oxygen atoms in total. The Balaban J connectivity index is 2.13. The number of nitrogens with zero attached hydrogens (tertiary/aromatic N) is 1. The summed E-state index contributed by atoms with van der Waals surface area (Å²) in [5, 5.41) is 0.549. The number of halogens is 3. The normalized spacial score (nSPS) is 14.8. The van der Waals surface area contributed by atoms with Gasteiger partial charge in [-0.2, -0.15) is 0 Å². The monoisotopic (exact) mass is 379 g/mol. The zero-order valence-electron chi connectivity index (χ0n) is 12.9. The van der Waals surface area contributed by atoms with Gasteiger partial charge in [0.15, 0.2) is 0 Å². The fourth-order valence-electron chi connectivity index (χ4n) is 2.61. The van der Waals surface area contributed by atoms with Gasteiger partial charge in [-0.05, 0) is 43.2 Å². The van der Waals surface area contributed by atoms with Gasteiger partial charge in [0, 0.05) is 10.6 Å². The molecule has 0 saturated carbocycles. The Morgan fingerprint density at radius 2 is 1.58 bits per heavy atom. The Morgan fingerprint density at radius 1 is 0.875 bits per heavy atom. The van der Waals surface area contributed by atoms with Crippen LogP contribution < -0.4 is 4.90 Å². The van der Waals surface area contributed by atoms with Gasteiger partial charge in [-0.25, -0.2) is 4.90 Å². The van der Waals surface area contributed by atoms with Crippen LogP contribution in [-0.2, 0) is 9.59 Å². The lowest BCUT2D eigenvalue weighted by atomic mass is 10.1. The average molecular weight is 381 g/mol. The predicted molar refractivity (Wildman–Crippen MR) is 97.6 cm³/mol.